The third kappa shape index (κ3) is 2.04. The van der Waals surface area contributed by atoms with Crippen molar-refractivity contribution in [2.45, 2.75) is 32.3 Å². The second-order valence-electron chi connectivity index (χ2n) is 4.95. The van der Waals surface area contributed by atoms with Gasteiger partial charge in [0.25, 0.3) is 0 Å². The maximum absolute atomic E-state index is 10.3. The van der Waals surface area contributed by atoms with Crippen molar-refractivity contribution in [3.63, 3.8) is 0 Å². The number of aliphatic hydroxyl groups is 1. The zero-order valence-corrected chi connectivity index (χ0v) is 9.96. The predicted molar refractivity (Wildman–Crippen MR) is 62.9 cm³/mol. The van der Waals surface area contributed by atoms with E-state index in [1.807, 2.05) is 24.3 Å². The van der Waals surface area contributed by atoms with E-state index in [9.17, 15) is 5.11 Å². The lowest BCUT2D eigenvalue weighted by Gasteiger charge is -2.46. The Kier molecular flexibility index (Phi) is 2.78. The van der Waals surface area contributed by atoms with E-state index < -0.39 is 5.60 Å². The molecule has 0 radical (unpaired) electrons. The molecule has 1 aromatic carbocycles. The predicted octanol–water partition coefficient (Wildman–Crippen LogP) is 3.59. The van der Waals surface area contributed by atoms with E-state index >= 15 is 0 Å². The first kappa shape index (κ1) is 11.0. The van der Waals surface area contributed by atoms with Crippen molar-refractivity contribution in [3.05, 3.63) is 34.9 Å². The molecule has 1 aromatic rings. The molecule has 0 unspecified atom stereocenters. The fraction of sp³-hybridized carbons (Fsp3) is 0.538. The summed E-state index contributed by atoms with van der Waals surface area (Å²) in [5.41, 5.74) is 0.406. The van der Waals surface area contributed by atoms with Gasteiger partial charge >= 0.3 is 0 Å². The highest BCUT2D eigenvalue weighted by molar-refractivity contribution is 6.30. The molecule has 15 heavy (non-hydrogen) atoms. The van der Waals surface area contributed by atoms with Crippen LogP contribution in [0, 0.1) is 11.8 Å². The Bertz CT molecular complexity index is 336. The molecule has 0 heterocycles. The first-order chi connectivity index (χ1) is 7.01. The van der Waals surface area contributed by atoms with Crippen LogP contribution in [0.2, 0.25) is 5.02 Å². The minimum absolute atomic E-state index is 0.598. The van der Waals surface area contributed by atoms with Crippen LogP contribution in [0.1, 0.15) is 32.3 Å². The summed E-state index contributed by atoms with van der Waals surface area (Å²) in [4.78, 5) is 0. The van der Waals surface area contributed by atoms with Gasteiger partial charge in [0, 0.05) is 5.02 Å². The van der Waals surface area contributed by atoms with Crippen molar-refractivity contribution < 1.29 is 5.11 Å². The molecular weight excluding hydrogens is 208 g/mol. The highest BCUT2D eigenvalue weighted by atomic mass is 35.5. The Balaban J connectivity index is 2.10. The van der Waals surface area contributed by atoms with Gasteiger partial charge in [0.05, 0.1) is 5.60 Å². The van der Waals surface area contributed by atoms with Gasteiger partial charge in [-0.15, -0.1) is 0 Å². The average Bonchev–Trinajstić information content (AvgIpc) is 2.13. The number of hydrogen-bond donors (Lipinski definition) is 1. The van der Waals surface area contributed by atoms with Crippen LogP contribution in [-0.4, -0.2) is 5.11 Å². The summed E-state index contributed by atoms with van der Waals surface area (Å²) >= 11 is 5.82. The normalized spacial score (nSPS) is 30.3. The average molecular weight is 225 g/mol. The van der Waals surface area contributed by atoms with Crippen LogP contribution in [0.4, 0.5) is 0 Å². The second-order valence-corrected chi connectivity index (χ2v) is 5.39. The third-order valence-corrected chi connectivity index (χ3v) is 3.78. The molecule has 82 valence electrons. The van der Waals surface area contributed by atoms with Gasteiger partial charge in [-0.1, -0.05) is 37.6 Å². The SMILES string of the molecule is CC(C)C1CC(O)(c2ccc(Cl)cc2)C1. The van der Waals surface area contributed by atoms with Crippen LogP contribution in [0.25, 0.3) is 0 Å². The van der Waals surface area contributed by atoms with Gasteiger partial charge in [0.1, 0.15) is 0 Å². The highest BCUT2D eigenvalue weighted by Gasteiger charge is 2.44. The molecule has 0 spiro atoms. The Morgan fingerprint density at radius 2 is 1.80 bits per heavy atom. The second kappa shape index (κ2) is 3.80. The lowest BCUT2D eigenvalue weighted by Crippen LogP contribution is -2.43. The van der Waals surface area contributed by atoms with Crippen LogP contribution in [0.5, 0.6) is 0 Å². The van der Waals surface area contributed by atoms with E-state index in [1.54, 1.807) is 0 Å². The molecule has 1 nitrogen and oxygen atoms in total. The standard InChI is InChI=1S/C13H17ClO/c1-9(2)10-7-13(15,8-10)11-3-5-12(14)6-4-11/h3-6,9-10,15H,7-8H2,1-2H3. The van der Waals surface area contributed by atoms with Crippen molar-refractivity contribution >= 4 is 11.6 Å². The van der Waals surface area contributed by atoms with Crippen LogP contribution >= 0.6 is 11.6 Å². The van der Waals surface area contributed by atoms with E-state index in [0.717, 1.165) is 23.4 Å². The van der Waals surface area contributed by atoms with Crippen molar-refractivity contribution in [1.29, 1.82) is 0 Å². The van der Waals surface area contributed by atoms with E-state index in [0.29, 0.717) is 11.8 Å². The van der Waals surface area contributed by atoms with Gasteiger partial charge in [0.2, 0.25) is 0 Å². The van der Waals surface area contributed by atoms with Gasteiger partial charge in [-0.3, -0.25) is 0 Å². The molecular formula is C13H17ClO. The molecule has 1 aliphatic carbocycles. The van der Waals surface area contributed by atoms with E-state index in [-0.39, 0.29) is 0 Å². The lowest BCUT2D eigenvalue weighted by molar-refractivity contribution is -0.0933. The van der Waals surface area contributed by atoms with Gasteiger partial charge < -0.3 is 5.11 Å². The number of hydrogen-bond acceptors (Lipinski definition) is 1. The zero-order valence-electron chi connectivity index (χ0n) is 9.20. The van der Waals surface area contributed by atoms with Crippen LogP contribution in [-0.2, 0) is 5.60 Å². The number of rotatable bonds is 2. The minimum atomic E-state index is -0.598. The van der Waals surface area contributed by atoms with Crippen molar-refractivity contribution in [2.75, 3.05) is 0 Å². The molecule has 0 atom stereocenters. The van der Waals surface area contributed by atoms with Crippen LogP contribution in [0.15, 0.2) is 24.3 Å². The summed E-state index contributed by atoms with van der Waals surface area (Å²) in [6.07, 6.45) is 1.76. The molecule has 0 saturated heterocycles. The minimum Gasteiger partial charge on any atom is -0.385 e. The van der Waals surface area contributed by atoms with Gasteiger partial charge in [0.15, 0.2) is 0 Å². The van der Waals surface area contributed by atoms with Crippen molar-refractivity contribution in [3.8, 4) is 0 Å². The Hall–Kier alpha value is -0.530. The molecule has 2 heteroatoms. The van der Waals surface area contributed by atoms with Crippen molar-refractivity contribution in [1.82, 2.24) is 0 Å². The molecule has 2 rings (SSSR count). The Morgan fingerprint density at radius 1 is 1.27 bits per heavy atom. The smallest absolute Gasteiger partial charge is 0.0902 e. The highest BCUT2D eigenvalue weighted by Crippen LogP contribution is 2.48. The van der Waals surface area contributed by atoms with E-state index in [1.165, 1.54) is 0 Å². The summed E-state index contributed by atoms with van der Waals surface area (Å²) < 4.78 is 0. The summed E-state index contributed by atoms with van der Waals surface area (Å²) in [5, 5.41) is 11.1. The molecule has 1 aliphatic rings. The first-order valence-electron chi connectivity index (χ1n) is 5.50. The molecule has 0 aliphatic heterocycles. The quantitative estimate of drug-likeness (QED) is 0.814. The summed E-state index contributed by atoms with van der Waals surface area (Å²) in [6, 6.07) is 7.55. The number of benzene rings is 1. The third-order valence-electron chi connectivity index (χ3n) is 3.52. The fourth-order valence-electron chi connectivity index (χ4n) is 2.27. The van der Waals surface area contributed by atoms with Gasteiger partial charge in [-0.25, -0.2) is 0 Å². The first-order valence-corrected chi connectivity index (χ1v) is 5.87. The maximum atomic E-state index is 10.3. The monoisotopic (exact) mass is 224 g/mol. The van der Waals surface area contributed by atoms with E-state index in [2.05, 4.69) is 13.8 Å². The molecule has 0 bridgehead atoms. The van der Waals surface area contributed by atoms with Crippen LogP contribution in [0.3, 0.4) is 0 Å². The maximum Gasteiger partial charge on any atom is 0.0902 e. The van der Waals surface area contributed by atoms with E-state index in [4.69, 9.17) is 11.6 Å². The fourth-order valence-corrected chi connectivity index (χ4v) is 2.40. The Labute approximate surface area is 96.1 Å². The largest absolute Gasteiger partial charge is 0.385 e. The lowest BCUT2D eigenvalue weighted by atomic mass is 9.63. The zero-order chi connectivity index (χ0) is 11.1. The van der Waals surface area contributed by atoms with Gasteiger partial charge in [-0.2, -0.15) is 0 Å². The van der Waals surface area contributed by atoms with Crippen molar-refractivity contribution in [2.24, 2.45) is 11.8 Å². The van der Waals surface area contributed by atoms with Crippen LogP contribution < -0.4 is 0 Å². The number of halogens is 1. The molecule has 0 aromatic heterocycles. The molecule has 1 fully saturated rings. The summed E-state index contributed by atoms with van der Waals surface area (Å²) in [5.74, 6) is 1.32. The molecule has 0 amide bonds. The summed E-state index contributed by atoms with van der Waals surface area (Å²) in [7, 11) is 0. The Morgan fingerprint density at radius 3 is 2.27 bits per heavy atom. The molecule has 1 N–H and O–H groups in total. The summed E-state index contributed by atoms with van der Waals surface area (Å²) in [6.45, 7) is 4.43. The van der Waals surface area contributed by atoms with Gasteiger partial charge in [-0.05, 0) is 42.4 Å². The molecule has 1 saturated carbocycles. The topological polar surface area (TPSA) is 20.2 Å².